The van der Waals surface area contributed by atoms with E-state index in [9.17, 15) is 9.90 Å². The lowest BCUT2D eigenvalue weighted by Crippen LogP contribution is -2.37. The number of hydrogen-bond acceptors (Lipinski definition) is 4. The number of carbonyl (C=O) groups excluding carboxylic acids is 1. The number of methoxy groups -OCH3 is 1. The van der Waals surface area contributed by atoms with Gasteiger partial charge in [0.1, 0.15) is 5.75 Å². The molecule has 1 aliphatic rings. The van der Waals surface area contributed by atoms with Gasteiger partial charge >= 0.3 is 0 Å². The number of nitrogens with zero attached hydrogens (tertiary/aromatic N) is 2. The van der Waals surface area contributed by atoms with E-state index in [0.29, 0.717) is 31.9 Å². The molecule has 1 N–H and O–H groups in total. The molecule has 0 spiro atoms. The van der Waals surface area contributed by atoms with Gasteiger partial charge in [-0.1, -0.05) is 0 Å². The van der Waals surface area contributed by atoms with Crippen LogP contribution in [0, 0.1) is 12.8 Å². The van der Waals surface area contributed by atoms with Gasteiger partial charge in [-0.25, -0.2) is 0 Å². The Hall–Kier alpha value is -2.05. The molecule has 1 aliphatic heterocycles. The maximum atomic E-state index is 13.2. The molecule has 6 heteroatoms. The number of amides is 1. The van der Waals surface area contributed by atoms with E-state index in [-0.39, 0.29) is 18.4 Å². The molecule has 2 aromatic rings. The first-order valence-corrected chi connectivity index (χ1v) is 8.17. The van der Waals surface area contributed by atoms with Crippen LogP contribution in [0.2, 0.25) is 0 Å². The SMILES string of the molecule is COc1ccc2c(c1)c(C(=O)N1CCOCC(CO)C1)c(C)n2C. The van der Waals surface area contributed by atoms with Gasteiger partial charge in [-0.15, -0.1) is 0 Å². The molecule has 3 rings (SSSR count). The molecule has 0 bridgehead atoms. The number of carbonyl (C=O) groups is 1. The smallest absolute Gasteiger partial charge is 0.256 e. The van der Waals surface area contributed by atoms with Crippen LogP contribution < -0.4 is 4.74 Å². The van der Waals surface area contributed by atoms with Crippen molar-refractivity contribution in [3.05, 3.63) is 29.5 Å². The minimum Gasteiger partial charge on any atom is -0.497 e. The van der Waals surface area contributed by atoms with Gasteiger partial charge in [0.2, 0.25) is 0 Å². The number of hydrogen-bond donors (Lipinski definition) is 1. The molecular weight excluding hydrogens is 308 g/mol. The number of ether oxygens (including phenoxy) is 2. The van der Waals surface area contributed by atoms with E-state index in [2.05, 4.69) is 0 Å². The Morgan fingerprint density at radius 1 is 1.46 bits per heavy atom. The number of aliphatic hydroxyl groups excluding tert-OH is 1. The second kappa shape index (κ2) is 6.83. The van der Waals surface area contributed by atoms with Crippen molar-refractivity contribution in [1.29, 1.82) is 0 Å². The molecule has 1 aromatic heterocycles. The van der Waals surface area contributed by atoms with Crippen molar-refractivity contribution in [2.75, 3.05) is 40.0 Å². The highest BCUT2D eigenvalue weighted by Gasteiger charge is 2.27. The van der Waals surface area contributed by atoms with Gasteiger partial charge in [0.15, 0.2) is 0 Å². The van der Waals surface area contributed by atoms with E-state index in [4.69, 9.17) is 9.47 Å². The number of aromatic nitrogens is 1. The third-order valence-corrected chi connectivity index (χ3v) is 4.80. The Kier molecular flexibility index (Phi) is 4.78. The van der Waals surface area contributed by atoms with Crippen LogP contribution in [0.1, 0.15) is 16.1 Å². The van der Waals surface area contributed by atoms with Crippen molar-refractivity contribution in [3.63, 3.8) is 0 Å². The minimum atomic E-state index is -0.0405. The van der Waals surface area contributed by atoms with Crippen molar-refractivity contribution in [2.45, 2.75) is 6.92 Å². The number of fused-ring (bicyclic) bond motifs is 1. The summed E-state index contributed by atoms with van der Waals surface area (Å²) in [6.45, 7) is 4.01. The summed E-state index contributed by atoms with van der Waals surface area (Å²) in [4.78, 5) is 15.0. The maximum Gasteiger partial charge on any atom is 0.256 e. The zero-order chi connectivity index (χ0) is 17.3. The Balaban J connectivity index is 2.04. The van der Waals surface area contributed by atoms with E-state index in [1.807, 2.05) is 36.7 Å². The first kappa shape index (κ1) is 16.8. The van der Waals surface area contributed by atoms with E-state index in [1.165, 1.54) is 0 Å². The van der Waals surface area contributed by atoms with Gasteiger partial charge in [0, 0.05) is 49.3 Å². The molecule has 2 heterocycles. The maximum absolute atomic E-state index is 13.2. The monoisotopic (exact) mass is 332 g/mol. The lowest BCUT2D eigenvalue weighted by atomic mass is 10.1. The molecule has 0 aliphatic carbocycles. The van der Waals surface area contributed by atoms with E-state index in [0.717, 1.165) is 22.3 Å². The molecular formula is C18H24N2O4. The first-order valence-electron chi connectivity index (χ1n) is 8.17. The van der Waals surface area contributed by atoms with Crippen molar-refractivity contribution < 1.29 is 19.4 Å². The van der Waals surface area contributed by atoms with Gasteiger partial charge in [-0.3, -0.25) is 4.79 Å². The van der Waals surface area contributed by atoms with Crippen LogP contribution >= 0.6 is 0 Å². The highest BCUT2D eigenvalue weighted by molar-refractivity contribution is 6.08. The summed E-state index contributed by atoms with van der Waals surface area (Å²) in [7, 11) is 3.58. The quantitative estimate of drug-likeness (QED) is 0.927. The molecule has 0 radical (unpaired) electrons. The topological polar surface area (TPSA) is 63.9 Å². The van der Waals surface area contributed by atoms with Crippen LogP contribution in [0.25, 0.3) is 10.9 Å². The fourth-order valence-corrected chi connectivity index (χ4v) is 3.28. The van der Waals surface area contributed by atoms with Gasteiger partial charge in [-0.2, -0.15) is 0 Å². The lowest BCUT2D eigenvalue weighted by molar-refractivity contribution is 0.0729. The average molecular weight is 332 g/mol. The second-order valence-electron chi connectivity index (χ2n) is 6.28. The van der Waals surface area contributed by atoms with E-state index in [1.54, 1.807) is 12.0 Å². The van der Waals surface area contributed by atoms with Gasteiger partial charge < -0.3 is 24.0 Å². The van der Waals surface area contributed by atoms with Gasteiger partial charge in [-0.05, 0) is 25.1 Å². The van der Waals surface area contributed by atoms with Crippen LogP contribution in [-0.4, -0.2) is 60.5 Å². The molecule has 130 valence electrons. The Labute approximate surface area is 141 Å². The number of rotatable bonds is 3. The van der Waals surface area contributed by atoms with Crippen LogP contribution in [-0.2, 0) is 11.8 Å². The van der Waals surface area contributed by atoms with E-state index < -0.39 is 0 Å². The summed E-state index contributed by atoms with van der Waals surface area (Å²) in [6.07, 6.45) is 0. The fourth-order valence-electron chi connectivity index (χ4n) is 3.28. The number of benzene rings is 1. The summed E-state index contributed by atoms with van der Waals surface area (Å²) in [5.74, 6) is 0.672. The molecule has 0 saturated carbocycles. The molecule has 1 amide bonds. The van der Waals surface area contributed by atoms with Gasteiger partial charge in [0.25, 0.3) is 5.91 Å². The Morgan fingerprint density at radius 3 is 2.96 bits per heavy atom. The number of aliphatic hydroxyl groups is 1. The lowest BCUT2D eigenvalue weighted by Gasteiger charge is -2.23. The number of aryl methyl sites for hydroxylation is 1. The van der Waals surface area contributed by atoms with Crippen LogP contribution in [0.5, 0.6) is 5.75 Å². The average Bonchev–Trinajstić information content (AvgIpc) is 2.77. The summed E-state index contributed by atoms with van der Waals surface area (Å²) >= 11 is 0. The van der Waals surface area contributed by atoms with Crippen LogP contribution in [0.3, 0.4) is 0 Å². The Morgan fingerprint density at radius 2 is 2.25 bits per heavy atom. The van der Waals surface area contributed by atoms with Crippen molar-refractivity contribution in [2.24, 2.45) is 13.0 Å². The van der Waals surface area contributed by atoms with Crippen LogP contribution in [0.4, 0.5) is 0 Å². The zero-order valence-electron chi connectivity index (χ0n) is 14.4. The summed E-state index contributed by atoms with van der Waals surface area (Å²) in [5, 5.41) is 10.3. The van der Waals surface area contributed by atoms with E-state index >= 15 is 0 Å². The fraction of sp³-hybridized carbons (Fsp3) is 0.500. The normalized spacial score (nSPS) is 18.7. The molecule has 24 heavy (non-hydrogen) atoms. The molecule has 1 saturated heterocycles. The molecule has 1 aromatic carbocycles. The highest BCUT2D eigenvalue weighted by Crippen LogP contribution is 2.30. The summed E-state index contributed by atoms with van der Waals surface area (Å²) in [5.41, 5.74) is 2.63. The highest BCUT2D eigenvalue weighted by atomic mass is 16.5. The largest absolute Gasteiger partial charge is 0.497 e. The van der Waals surface area contributed by atoms with Crippen molar-refractivity contribution in [1.82, 2.24) is 9.47 Å². The summed E-state index contributed by atoms with van der Waals surface area (Å²) < 4.78 is 12.8. The molecule has 1 atom stereocenters. The third kappa shape index (κ3) is 2.87. The molecule has 1 unspecified atom stereocenters. The van der Waals surface area contributed by atoms with Crippen LogP contribution in [0.15, 0.2) is 18.2 Å². The van der Waals surface area contributed by atoms with Crippen molar-refractivity contribution in [3.8, 4) is 5.75 Å². The molecule has 1 fully saturated rings. The Bertz CT molecular complexity index is 753. The predicted octanol–water partition coefficient (Wildman–Crippen LogP) is 1.58. The first-order chi connectivity index (χ1) is 11.6. The standard InChI is InChI=1S/C18H24N2O4/c1-12-17(15-8-14(23-3)4-5-16(15)19(12)2)18(22)20-6-7-24-11-13(9-20)10-21/h4-5,8,13,21H,6-7,9-11H2,1-3H3. The summed E-state index contributed by atoms with van der Waals surface area (Å²) in [6, 6.07) is 5.78. The third-order valence-electron chi connectivity index (χ3n) is 4.80. The molecule has 6 nitrogen and oxygen atoms in total. The minimum absolute atomic E-state index is 0.0182. The zero-order valence-corrected chi connectivity index (χ0v) is 14.4. The van der Waals surface area contributed by atoms with Crippen molar-refractivity contribution >= 4 is 16.8 Å². The predicted molar refractivity (Wildman–Crippen MR) is 91.5 cm³/mol. The second-order valence-corrected chi connectivity index (χ2v) is 6.28. The van der Waals surface area contributed by atoms with Gasteiger partial charge in [0.05, 0.1) is 25.9 Å².